The zero-order valence-corrected chi connectivity index (χ0v) is 15.2. The minimum absolute atomic E-state index is 0.0468. The molecule has 0 aliphatic rings. The van der Waals surface area contributed by atoms with Crippen molar-refractivity contribution in [3.05, 3.63) is 60.2 Å². The van der Waals surface area contributed by atoms with Gasteiger partial charge in [-0.15, -0.1) is 0 Å². The lowest BCUT2D eigenvalue weighted by atomic mass is 10.2. The molecule has 0 saturated carbocycles. The number of aliphatic hydroxyl groups excluding tert-OH is 1. The van der Waals surface area contributed by atoms with Gasteiger partial charge in [0.2, 0.25) is 0 Å². The van der Waals surface area contributed by atoms with E-state index in [9.17, 15) is 4.79 Å². The van der Waals surface area contributed by atoms with Crippen LogP contribution in [-0.2, 0) is 17.9 Å². The third kappa shape index (κ3) is 4.05. The first kappa shape index (κ1) is 19.5. The van der Waals surface area contributed by atoms with Crippen molar-refractivity contribution in [2.45, 2.75) is 13.1 Å². The summed E-state index contributed by atoms with van der Waals surface area (Å²) in [6.07, 6.45) is 3.07. The molecule has 0 radical (unpaired) electrons. The first-order valence-corrected chi connectivity index (χ1v) is 8.59. The summed E-state index contributed by atoms with van der Waals surface area (Å²) >= 11 is 0. The number of nitrogens with zero attached hydrogens (tertiary/aromatic N) is 6. The average molecular weight is 388 g/mol. The summed E-state index contributed by atoms with van der Waals surface area (Å²) < 4.78 is 3.24. The number of hydrogen-bond donors (Lipinski definition) is 2. The topological polar surface area (TPSA) is 141 Å². The highest BCUT2D eigenvalue weighted by molar-refractivity contribution is 5.83. The molecule has 0 amide bonds. The van der Waals surface area contributed by atoms with Gasteiger partial charge in [0.15, 0.2) is 0 Å². The number of hydrogen-bond acceptors (Lipinski definition) is 6. The van der Waals surface area contributed by atoms with E-state index in [4.69, 9.17) is 20.7 Å². The average Bonchev–Trinajstić information content (AvgIpc) is 3.33. The molecule has 2 aromatic carbocycles. The molecule has 0 aliphatic carbocycles. The number of carbonyl (C=O) groups is 1. The Kier molecular flexibility index (Phi) is 5.83. The summed E-state index contributed by atoms with van der Waals surface area (Å²) in [5.74, 6) is -0.956. The largest absolute Gasteiger partial charge is 0.480 e. The molecule has 29 heavy (non-hydrogen) atoms. The van der Waals surface area contributed by atoms with E-state index >= 15 is 0 Å². The second kappa shape index (κ2) is 8.65. The van der Waals surface area contributed by atoms with E-state index in [1.807, 2.05) is 12.1 Å². The molecule has 0 bridgehead atoms. The highest BCUT2D eigenvalue weighted by Gasteiger charge is 2.09. The Bertz CT molecular complexity index is 1260. The molecule has 9 nitrogen and oxygen atoms in total. The Balaban J connectivity index is 0.000000166. The van der Waals surface area contributed by atoms with Crippen molar-refractivity contribution in [1.82, 2.24) is 19.1 Å². The number of carboxylic acids is 1. The third-order valence-corrected chi connectivity index (χ3v) is 4.16. The molecule has 4 aromatic rings. The lowest BCUT2D eigenvalue weighted by Crippen LogP contribution is -2.07. The number of aliphatic hydroxyl groups is 1. The Morgan fingerprint density at radius 1 is 0.931 bits per heavy atom. The molecule has 144 valence electrons. The zero-order valence-electron chi connectivity index (χ0n) is 15.2. The van der Waals surface area contributed by atoms with E-state index in [-0.39, 0.29) is 13.2 Å². The predicted octanol–water partition coefficient (Wildman–Crippen LogP) is 1.89. The molecule has 9 heteroatoms. The number of para-hydroxylation sites is 2. The molecule has 0 unspecified atom stereocenters. The number of aromatic nitrogens is 4. The maximum absolute atomic E-state index is 10.6. The normalized spacial score (nSPS) is 10.2. The SMILES string of the molecule is N#Cc1cccc2ncn(CC(=O)O)c12.N#Cc1cccc2ncn(CCO)c12. The van der Waals surface area contributed by atoms with Crippen molar-refractivity contribution < 1.29 is 15.0 Å². The number of imidazole rings is 2. The third-order valence-electron chi connectivity index (χ3n) is 4.16. The van der Waals surface area contributed by atoms with E-state index in [1.54, 1.807) is 41.2 Å². The number of nitriles is 2. The van der Waals surface area contributed by atoms with Gasteiger partial charge in [0.05, 0.1) is 52.5 Å². The summed E-state index contributed by atoms with van der Waals surface area (Å²) in [5.41, 5.74) is 3.82. The molecule has 0 saturated heterocycles. The van der Waals surface area contributed by atoms with Crippen LogP contribution in [0.4, 0.5) is 0 Å². The van der Waals surface area contributed by atoms with E-state index in [1.165, 1.54) is 10.9 Å². The van der Waals surface area contributed by atoms with E-state index in [0.29, 0.717) is 28.7 Å². The van der Waals surface area contributed by atoms with Gasteiger partial charge in [0.1, 0.15) is 18.7 Å². The van der Waals surface area contributed by atoms with Crippen LogP contribution in [0, 0.1) is 22.7 Å². The van der Waals surface area contributed by atoms with Crippen LogP contribution in [0.5, 0.6) is 0 Å². The van der Waals surface area contributed by atoms with Gasteiger partial charge in [0.25, 0.3) is 0 Å². The van der Waals surface area contributed by atoms with Gasteiger partial charge >= 0.3 is 5.97 Å². The summed E-state index contributed by atoms with van der Waals surface area (Å²) in [5, 5.41) is 35.3. The van der Waals surface area contributed by atoms with Crippen molar-refractivity contribution in [3.8, 4) is 12.1 Å². The summed E-state index contributed by atoms with van der Waals surface area (Å²) in [7, 11) is 0. The van der Waals surface area contributed by atoms with Crippen LogP contribution in [0.3, 0.4) is 0 Å². The molecule has 0 aliphatic heterocycles. The highest BCUT2D eigenvalue weighted by atomic mass is 16.4. The van der Waals surface area contributed by atoms with Gasteiger partial charge in [-0.25, -0.2) is 9.97 Å². The summed E-state index contributed by atoms with van der Waals surface area (Å²) in [4.78, 5) is 18.8. The van der Waals surface area contributed by atoms with E-state index in [2.05, 4.69) is 16.0 Å². The van der Waals surface area contributed by atoms with Crippen molar-refractivity contribution in [1.29, 1.82) is 10.5 Å². The van der Waals surface area contributed by atoms with E-state index < -0.39 is 5.97 Å². The lowest BCUT2D eigenvalue weighted by molar-refractivity contribution is -0.137. The number of benzene rings is 2. The number of carboxylic acid groups (broad SMARTS) is 1. The second-order valence-corrected chi connectivity index (χ2v) is 6.00. The first-order valence-electron chi connectivity index (χ1n) is 8.59. The van der Waals surface area contributed by atoms with Gasteiger partial charge in [-0.2, -0.15) is 10.5 Å². The van der Waals surface area contributed by atoms with Gasteiger partial charge in [-0.1, -0.05) is 12.1 Å². The van der Waals surface area contributed by atoms with Crippen LogP contribution in [0.2, 0.25) is 0 Å². The number of aliphatic carboxylic acids is 1. The van der Waals surface area contributed by atoms with Gasteiger partial charge in [-0.05, 0) is 24.3 Å². The smallest absolute Gasteiger partial charge is 0.323 e. The van der Waals surface area contributed by atoms with Crippen molar-refractivity contribution in [2.75, 3.05) is 6.61 Å². The standard InChI is InChI=1S/C10H7N3O2.C10H9N3O/c11-4-7-2-1-3-8-10(7)13(6-12-8)5-9(14)15;11-6-8-2-1-3-9-10(8)13(4-5-14)7-12-9/h1-3,6H,5H2,(H,14,15);1-3,7,14H,4-5H2. The fraction of sp³-hybridized carbons (Fsp3) is 0.150. The van der Waals surface area contributed by atoms with Crippen LogP contribution in [0.15, 0.2) is 49.1 Å². The number of rotatable bonds is 4. The fourth-order valence-corrected chi connectivity index (χ4v) is 2.98. The maximum atomic E-state index is 10.6. The lowest BCUT2D eigenvalue weighted by Gasteiger charge is -2.01. The Morgan fingerprint density at radius 2 is 1.45 bits per heavy atom. The molecule has 2 N–H and O–H groups in total. The monoisotopic (exact) mass is 388 g/mol. The summed E-state index contributed by atoms with van der Waals surface area (Å²) in [6.45, 7) is 0.329. The molecule has 0 spiro atoms. The molecule has 0 fully saturated rings. The highest BCUT2D eigenvalue weighted by Crippen LogP contribution is 2.17. The van der Waals surface area contributed by atoms with Crippen LogP contribution >= 0.6 is 0 Å². The van der Waals surface area contributed by atoms with E-state index in [0.717, 1.165) is 11.0 Å². The zero-order chi connectivity index (χ0) is 20.8. The first-order chi connectivity index (χ1) is 14.1. The fourth-order valence-electron chi connectivity index (χ4n) is 2.98. The molecule has 2 aromatic heterocycles. The summed E-state index contributed by atoms with van der Waals surface area (Å²) in [6, 6.07) is 14.6. The van der Waals surface area contributed by atoms with Crippen molar-refractivity contribution >= 4 is 28.0 Å². The minimum atomic E-state index is -0.956. The van der Waals surface area contributed by atoms with Crippen molar-refractivity contribution in [3.63, 3.8) is 0 Å². The van der Waals surface area contributed by atoms with Crippen LogP contribution in [0.1, 0.15) is 11.1 Å². The molecular formula is C20H16N6O3. The molecule has 4 rings (SSSR count). The second-order valence-electron chi connectivity index (χ2n) is 6.00. The van der Waals surface area contributed by atoms with Gasteiger partial charge < -0.3 is 19.3 Å². The Hall–Kier alpha value is -4.21. The maximum Gasteiger partial charge on any atom is 0.323 e. The molecular weight excluding hydrogens is 372 g/mol. The van der Waals surface area contributed by atoms with Gasteiger partial charge in [0, 0.05) is 6.54 Å². The van der Waals surface area contributed by atoms with Crippen LogP contribution in [-0.4, -0.2) is 41.9 Å². The Labute approximate surface area is 165 Å². The predicted molar refractivity (Wildman–Crippen MR) is 104 cm³/mol. The van der Waals surface area contributed by atoms with Crippen LogP contribution < -0.4 is 0 Å². The number of fused-ring (bicyclic) bond motifs is 2. The van der Waals surface area contributed by atoms with Gasteiger partial charge in [-0.3, -0.25) is 4.79 Å². The van der Waals surface area contributed by atoms with Crippen LogP contribution in [0.25, 0.3) is 22.1 Å². The minimum Gasteiger partial charge on any atom is -0.480 e. The molecule has 2 heterocycles. The quantitative estimate of drug-likeness (QED) is 0.544. The molecule has 0 atom stereocenters. The Morgan fingerprint density at radius 3 is 1.93 bits per heavy atom. The van der Waals surface area contributed by atoms with Crippen molar-refractivity contribution in [2.24, 2.45) is 0 Å².